The number of ether oxygens (including phenoxy) is 1. The molecule has 70 valence electrons. The lowest BCUT2D eigenvalue weighted by molar-refractivity contribution is -0.142. The van der Waals surface area contributed by atoms with Crippen LogP contribution in [0.1, 0.15) is 13.3 Å². The molecule has 12 heavy (non-hydrogen) atoms. The number of carboxylic acid groups (broad SMARTS) is 1. The molecule has 0 aromatic rings. The number of rotatable bonds is 3. The van der Waals surface area contributed by atoms with E-state index in [1.54, 1.807) is 14.0 Å². The minimum absolute atomic E-state index is 0.215. The van der Waals surface area contributed by atoms with E-state index in [4.69, 9.17) is 9.84 Å². The highest BCUT2D eigenvalue weighted by molar-refractivity contribution is 5.72. The molecule has 1 rings (SSSR count). The Morgan fingerprint density at radius 3 is 2.83 bits per heavy atom. The Morgan fingerprint density at radius 1 is 1.75 bits per heavy atom. The van der Waals surface area contributed by atoms with Crippen molar-refractivity contribution in [3.8, 4) is 0 Å². The predicted octanol–water partition coefficient (Wildman–Crippen LogP) is 0.180. The van der Waals surface area contributed by atoms with Gasteiger partial charge in [0.2, 0.25) is 0 Å². The monoisotopic (exact) mass is 173 g/mol. The number of aliphatic carboxylic acids is 1. The van der Waals surface area contributed by atoms with Gasteiger partial charge in [0, 0.05) is 20.2 Å². The number of hydrogen-bond donors (Lipinski definition) is 1. The van der Waals surface area contributed by atoms with Gasteiger partial charge >= 0.3 is 5.97 Å². The molecule has 0 spiro atoms. The molecule has 1 unspecified atom stereocenters. The first-order chi connectivity index (χ1) is 5.65. The maximum atomic E-state index is 10.6. The van der Waals surface area contributed by atoms with Crippen molar-refractivity contribution < 1.29 is 14.6 Å². The summed E-state index contributed by atoms with van der Waals surface area (Å²) in [5, 5.41) is 8.72. The fourth-order valence-electron chi connectivity index (χ4n) is 1.45. The van der Waals surface area contributed by atoms with Crippen LogP contribution in [0.3, 0.4) is 0 Å². The van der Waals surface area contributed by atoms with E-state index in [1.807, 2.05) is 4.90 Å². The highest BCUT2D eigenvalue weighted by Gasteiger charge is 2.28. The van der Waals surface area contributed by atoms with Crippen molar-refractivity contribution in [2.45, 2.75) is 25.5 Å². The molecule has 0 saturated carbocycles. The van der Waals surface area contributed by atoms with Gasteiger partial charge in [-0.15, -0.1) is 0 Å². The number of carboxylic acids is 1. The Kier molecular flexibility index (Phi) is 3.05. The number of carbonyl (C=O) groups is 1. The molecule has 1 saturated heterocycles. The summed E-state index contributed by atoms with van der Waals surface area (Å²) in [4.78, 5) is 12.5. The van der Waals surface area contributed by atoms with Gasteiger partial charge < -0.3 is 9.84 Å². The minimum atomic E-state index is -0.758. The summed E-state index contributed by atoms with van der Waals surface area (Å²) in [5.74, 6) is -0.758. The third kappa shape index (κ3) is 1.95. The normalized spacial score (nSPS) is 27.3. The van der Waals surface area contributed by atoms with E-state index in [2.05, 4.69) is 0 Å². The van der Waals surface area contributed by atoms with E-state index >= 15 is 0 Å². The van der Waals surface area contributed by atoms with Gasteiger partial charge in [0.1, 0.15) is 6.04 Å². The molecule has 0 radical (unpaired) electrons. The molecular formula is C8H15NO3. The van der Waals surface area contributed by atoms with E-state index in [0.717, 1.165) is 19.5 Å². The van der Waals surface area contributed by atoms with Gasteiger partial charge in [-0.3, -0.25) is 9.69 Å². The summed E-state index contributed by atoms with van der Waals surface area (Å²) in [6.07, 6.45) is 1.15. The van der Waals surface area contributed by atoms with Gasteiger partial charge in [0.25, 0.3) is 0 Å². The average molecular weight is 173 g/mol. The molecule has 0 bridgehead atoms. The molecule has 4 heteroatoms. The Bertz CT molecular complexity index is 172. The van der Waals surface area contributed by atoms with Crippen molar-refractivity contribution in [3.63, 3.8) is 0 Å². The topological polar surface area (TPSA) is 49.8 Å². The molecular weight excluding hydrogens is 158 g/mol. The first-order valence-electron chi connectivity index (χ1n) is 4.14. The second kappa shape index (κ2) is 3.87. The van der Waals surface area contributed by atoms with Crippen molar-refractivity contribution >= 4 is 5.97 Å². The molecule has 0 aromatic heterocycles. The van der Waals surface area contributed by atoms with Crippen LogP contribution in [0.5, 0.6) is 0 Å². The van der Waals surface area contributed by atoms with E-state index in [9.17, 15) is 4.79 Å². The molecule has 0 amide bonds. The summed E-state index contributed by atoms with van der Waals surface area (Å²) < 4.78 is 5.14. The Balaban J connectivity index is 2.41. The third-order valence-corrected chi connectivity index (χ3v) is 2.41. The first kappa shape index (κ1) is 9.48. The lowest BCUT2D eigenvalue weighted by Crippen LogP contribution is -2.37. The van der Waals surface area contributed by atoms with Gasteiger partial charge in [-0.1, -0.05) is 0 Å². The SMILES string of the molecule is CO[C@@H]1CCN(C(C)C(=O)O)C1. The Morgan fingerprint density at radius 2 is 2.42 bits per heavy atom. The van der Waals surface area contributed by atoms with Gasteiger partial charge in [0.05, 0.1) is 6.10 Å². The predicted molar refractivity (Wildman–Crippen MR) is 44.1 cm³/mol. The number of methoxy groups -OCH3 is 1. The molecule has 1 fully saturated rings. The van der Waals surface area contributed by atoms with E-state index in [-0.39, 0.29) is 12.1 Å². The third-order valence-electron chi connectivity index (χ3n) is 2.41. The second-order valence-electron chi connectivity index (χ2n) is 3.16. The van der Waals surface area contributed by atoms with Crippen molar-refractivity contribution in [1.29, 1.82) is 0 Å². The molecule has 1 aliphatic rings. The van der Waals surface area contributed by atoms with Crippen LogP contribution >= 0.6 is 0 Å². The maximum absolute atomic E-state index is 10.6. The van der Waals surface area contributed by atoms with E-state index in [0.29, 0.717) is 0 Å². The molecule has 4 nitrogen and oxygen atoms in total. The zero-order valence-corrected chi connectivity index (χ0v) is 7.49. The van der Waals surface area contributed by atoms with Crippen LogP contribution in [-0.2, 0) is 9.53 Å². The Labute approximate surface area is 72.1 Å². The molecule has 2 atom stereocenters. The van der Waals surface area contributed by atoms with E-state index < -0.39 is 5.97 Å². The second-order valence-corrected chi connectivity index (χ2v) is 3.16. The van der Waals surface area contributed by atoms with E-state index in [1.165, 1.54) is 0 Å². The summed E-state index contributed by atoms with van der Waals surface area (Å²) in [6.45, 7) is 3.27. The summed E-state index contributed by atoms with van der Waals surface area (Å²) in [7, 11) is 1.67. The maximum Gasteiger partial charge on any atom is 0.320 e. The zero-order chi connectivity index (χ0) is 9.14. The quantitative estimate of drug-likeness (QED) is 0.661. The lowest BCUT2D eigenvalue weighted by Gasteiger charge is -2.19. The summed E-state index contributed by atoms with van der Waals surface area (Å²) >= 11 is 0. The van der Waals surface area contributed by atoms with Crippen molar-refractivity contribution in [1.82, 2.24) is 4.90 Å². The van der Waals surface area contributed by atoms with Crippen molar-refractivity contribution in [3.05, 3.63) is 0 Å². The van der Waals surface area contributed by atoms with Crippen LogP contribution in [0.2, 0.25) is 0 Å². The standard InChI is InChI=1S/C8H15NO3/c1-6(8(10)11)9-4-3-7(5-9)12-2/h6-7H,3-5H2,1-2H3,(H,10,11)/t6?,7-/m1/s1. The first-order valence-corrected chi connectivity index (χ1v) is 4.14. The highest BCUT2D eigenvalue weighted by Crippen LogP contribution is 2.14. The van der Waals surface area contributed by atoms with Crippen LogP contribution in [0.4, 0.5) is 0 Å². The highest BCUT2D eigenvalue weighted by atomic mass is 16.5. The van der Waals surface area contributed by atoms with Gasteiger partial charge in [-0.05, 0) is 13.3 Å². The molecule has 1 N–H and O–H groups in total. The largest absolute Gasteiger partial charge is 0.480 e. The van der Waals surface area contributed by atoms with Gasteiger partial charge in [-0.25, -0.2) is 0 Å². The number of likely N-dealkylation sites (tertiary alicyclic amines) is 1. The number of hydrogen-bond acceptors (Lipinski definition) is 3. The van der Waals surface area contributed by atoms with Crippen molar-refractivity contribution in [2.24, 2.45) is 0 Å². The lowest BCUT2D eigenvalue weighted by atomic mass is 10.3. The smallest absolute Gasteiger partial charge is 0.320 e. The fourth-order valence-corrected chi connectivity index (χ4v) is 1.45. The number of nitrogens with zero attached hydrogens (tertiary/aromatic N) is 1. The zero-order valence-electron chi connectivity index (χ0n) is 7.49. The molecule has 0 aromatic carbocycles. The molecule has 0 aliphatic carbocycles. The molecule has 1 heterocycles. The van der Waals surface area contributed by atoms with Crippen LogP contribution in [0.15, 0.2) is 0 Å². The summed E-state index contributed by atoms with van der Waals surface area (Å²) in [6, 6.07) is -0.384. The fraction of sp³-hybridized carbons (Fsp3) is 0.875. The van der Waals surface area contributed by atoms with Crippen LogP contribution in [0.25, 0.3) is 0 Å². The summed E-state index contributed by atoms with van der Waals surface area (Å²) in [5.41, 5.74) is 0. The van der Waals surface area contributed by atoms with Crippen LogP contribution in [0, 0.1) is 0 Å². The minimum Gasteiger partial charge on any atom is -0.480 e. The average Bonchev–Trinajstić information content (AvgIpc) is 2.50. The van der Waals surface area contributed by atoms with Gasteiger partial charge in [-0.2, -0.15) is 0 Å². The van der Waals surface area contributed by atoms with Gasteiger partial charge in [0.15, 0.2) is 0 Å². The van der Waals surface area contributed by atoms with Crippen LogP contribution in [-0.4, -0.2) is 48.3 Å². The van der Waals surface area contributed by atoms with Crippen LogP contribution < -0.4 is 0 Å². The Hall–Kier alpha value is -0.610. The molecule has 1 aliphatic heterocycles. The van der Waals surface area contributed by atoms with Crippen molar-refractivity contribution in [2.75, 3.05) is 20.2 Å².